The Labute approximate surface area is 613 Å². The van der Waals surface area contributed by atoms with E-state index in [0.29, 0.717) is 0 Å². The Morgan fingerprint density at radius 3 is 0.437 bits per heavy atom. The van der Waals surface area contributed by atoms with Crippen LogP contribution in [0.2, 0.25) is 0 Å². The molecule has 0 unspecified atom stereocenters. The minimum atomic E-state index is -2.39. The van der Waals surface area contributed by atoms with Crippen LogP contribution in [-0.2, 0) is 100 Å². The molecule has 0 saturated carbocycles. The van der Waals surface area contributed by atoms with E-state index in [1.165, 1.54) is 0 Å². The third kappa shape index (κ3) is 47.9. The number of amides is 3. The highest BCUT2D eigenvalue weighted by molar-refractivity contribution is 5.81. The van der Waals surface area contributed by atoms with Crippen molar-refractivity contribution in [1.29, 1.82) is 0 Å². The molecule has 0 spiro atoms. The lowest BCUT2D eigenvalue weighted by Gasteiger charge is -2.37. The Balaban J connectivity index is 8.74. The number of ether oxygens (including phenoxy) is 9. The highest BCUT2D eigenvalue weighted by Crippen LogP contribution is 2.36. The second kappa shape index (κ2) is 39.4. The Morgan fingerprint density at radius 2 is 0.340 bits per heavy atom. The van der Waals surface area contributed by atoms with E-state index in [4.69, 9.17) is 42.6 Å². The fraction of sp³-hybridized carbons (Fsp3) is 0.842. The molecule has 0 bridgehead atoms. The molecule has 0 aliphatic rings. The van der Waals surface area contributed by atoms with Gasteiger partial charge in [-0.15, -0.1) is 0 Å². The fourth-order valence-corrected chi connectivity index (χ4v) is 11.1. The first-order valence-corrected chi connectivity index (χ1v) is 36.2. The highest BCUT2D eigenvalue weighted by atomic mass is 16.6. The van der Waals surface area contributed by atoms with Gasteiger partial charge in [-0.05, 0) is 245 Å². The molecule has 0 heterocycles. The summed E-state index contributed by atoms with van der Waals surface area (Å²) in [6.45, 7) is 44.8. The number of hydrogen-bond donors (Lipinski definition) is 3. The summed E-state index contributed by atoms with van der Waals surface area (Å²) in [4.78, 5) is 180. The van der Waals surface area contributed by atoms with Crippen LogP contribution in [-0.4, -0.2) is 149 Å². The number of rotatable bonds is 40. The second-order valence-corrected chi connectivity index (χ2v) is 36.2. The van der Waals surface area contributed by atoms with Crippen LogP contribution in [0.3, 0.4) is 0 Å². The average molecular weight is 1470 g/mol. The van der Waals surface area contributed by atoms with Crippen LogP contribution in [0.25, 0.3) is 0 Å². The van der Waals surface area contributed by atoms with Gasteiger partial charge in [0.15, 0.2) is 0 Å². The van der Waals surface area contributed by atoms with Crippen molar-refractivity contribution in [3.05, 3.63) is 10.1 Å². The van der Waals surface area contributed by atoms with Crippen LogP contribution >= 0.6 is 0 Å². The number of hydrogen-bond acceptors (Lipinski definition) is 23. The topological polar surface area (TPSA) is 367 Å². The highest BCUT2D eigenvalue weighted by Gasteiger charge is 2.47. The molecule has 27 nitrogen and oxygen atoms in total. The van der Waals surface area contributed by atoms with Gasteiger partial charge in [-0.2, -0.15) is 0 Å². The smallest absolute Gasteiger partial charge is 0.306 e. The lowest BCUT2D eigenvalue weighted by molar-refractivity contribution is -0.573. The van der Waals surface area contributed by atoms with Crippen LogP contribution in [0.4, 0.5) is 0 Å². The van der Waals surface area contributed by atoms with Gasteiger partial charge < -0.3 is 58.6 Å². The van der Waals surface area contributed by atoms with Crippen molar-refractivity contribution in [3.63, 3.8) is 0 Å². The number of carbonyl (C=O) groups excluding carboxylic acids is 12. The molecule has 0 rings (SSSR count). The van der Waals surface area contributed by atoms with Crippen molar-refractivity contribution in [2.75, 3.05) is 0 Å². The van der Waals surface area contributed by atoms with Gasteiger partial charge in [0, 0.05) is 118 Å². The summed E-state index contributed by atoms with van der Waals surface area (Å²) in [7, 11) is 0. The van der Waals surface area contributed by atoms with Crippen molar-refractivity contribution < 1.29 is 105 Å². The first-order valence-electron chi connectivity index (χ1n) is 36.2. The van der Waals surface area contributed by atoms with Crippen LogP contribution in [0.5, 0.6) is 0 Å². The van der Waals surface area contributed by atoms with E-state index in [0.717, 1.165) is 0 Å². The van der Waals surface area contributed by atoms with Crippen LogP contribution in [0.1, 0.15) is 341 Å². The number of carbonyl (C=O) groups is 12. The predicted molar refractivity (Wildman–Crippen MR) is 386 cm³/mol. The molecular weight excluding hydrogens is 1340 g/mol. The summed E-state index contributed by atoms with van der Waals surface area (Å²) in [6.07, 6.45) is -9.22. The van der Waals surface area contributed by atoms with E-state index in [2.05, 4.69) is 16.0 Å². The van der Waals surface area contributed by atoms with E-state index in [1.807, 2.05) is 0 Å². The minimum Gasteiger partial charge on any atom is -0.460 e. The van der Waals surface area contributed by atoms with Gasteiger partial charge >= 0.3 is 53.7 Å². The van der Waals surface area contributed by atoms with Gasteiger partial charge in [-0.3, -0.25) is 67.6 Å². The Hall–Kier alpha value is -6.96. The maximum atomic E-state index is 15.0. The predicted octanol–water partition coefficient (Wildman–Crippen LogP) is 13.0. The first-order chi connectivity index (χ1) is 46.2. The zero-order valence-electron chi connectivity index (χ0n) is 67.8. The zero-order chi connectivity index (χ0) is 80.5. The summed E-state index contributed by atoms with van der Waals surface area (Å²) in [5.41, 5.74) is -15.7. The van der Waals surface area contributed by atoms with E-state index in [-0.39, 0.29) is 116 Å². The van der Waals surface area contributed by atoms with Gasteiger partial charge in [0.05, 0.1) is 0 Å². The zero-order valence-corrected chi connectivity index (χ0v) is 67.8. The summed E-state index contributed by atoms with van der Waals surface area (Å²) in [5, 5.41) is 23.1. The number of nitrogens with zero attached hydrogens (tertiary/aromatic N) is 1. The second-order valence-electron chi connectivity index (χ2n) is 36.2. The maximum absolute atomic E-state index is 15.0. The molecule has 0 atom stereocenters. The summed E-state index contributed by atoms with van der Waals surface area (Å²) < 4.78 is 50.8. The van der Waals surface area contributed by atoms with Crippen LogP contribution in [0.15, 0.2) is 0 Å². The maximum Gasteiger partial charge on any atom is 0.306 e. The molecule has 0 radical (unpaired) electrons. The lowest BCUT2D eigenvalue weighted by atomic mass is 9.80. The van der Waals surface area contributed by atoms with E-state index < -0.39 is 187 Å². The molecule has 0 aromatic heterocycles. The van der Waals surface area contributed by atoms with Crippen molar-refractivity contribution in [2.24, 2.45) is 0 Å². The molecule has 103 heavy (non-hydrogen) atoms. The monoisotopic (exact) mass is 1470 g/mol. The Morgan fingerprint density at radius 1 is 0.223 bits per heavy atom. The molecule has 3 amide bonds. The largest absolute Gasteiger partial charge is 0.460 e. The van der Waals surface area contributed by atoms with Crippen molar-refractivity contribution in [3.8, 4) is 0 Å². The molecule has 0 saturated heterocycles. The normalized spacial score (nSPS) is 13.1. The van der Waals surface area contributed by atoms with Gasteiger partial charge in [0.2, 0.25) is 23.3 Å². The molecule has 0 aromatic carbocycles. The van der Waals surface area contributed by atoms with E-state index in [1.54, 1.807) is 187 Å². The summed E-state index contributed by atoms with van der Waals surface area (Å²) in [5.74, 6) is -8.75. The standard InChI is InChI=1S/C76H132N4O23/c1-64(2,3)95-55(84)31-40-73(41-32-56(85)96-65(4,5)6,42-33-57(86)97-66(7,8)9)77-52(81)28-49-76(80(93)94,50-29-53(82)78-74(43-34-58(87)98-67(10,11)12,44-35-59(88)99-68(13,14)15)45-36-60(89)100-69(16,17)18)51-30-54(83)79-75(46-37-61(90)101-70(19,20)21,47-38-62(91)102-71(22,23)24)48-39-63(92)103-72(25,26)27/h28-51H2,1-27H3,(H,77,81)(H,78,82)(H,79,83). The molecule has 0 aromatic rings. The summed E-state index contributed by atoms with van der Waals surface area (Å²) in [6, 6.07) is 0. The Kier molecular flexibility index (Phi) is 36.7. The van der Waals surface area contributed by atoms with Crippen molar-refractivity contribution in [2.45, 2.75) is 414 Å². The van der Waals surface area contributed by atoms with Crippen molar-refractivity contribution >= 4 is 71.4 Å². The average Bonchev–Trinajstić information content (AvgIpc) is 0.826. The third-order valence-electron chi connectivity index (χ3n) is 15.1. The molecular formula is C76H132N4O23. The number of nitro groups is 1. The molecule has 0 aliphatic heterocycles. The van der Waals surface area contributed by atoms with Crippen molar-refractivity contribution in [1.82, 2.24) is 16.0 Å². The van der Waals surface area contributed by atoms with E-state index in [9.17, 15) is 53.3 Å². The van der Waals surface area contributed by atoms with Crippen LogP contribution < -0.4 is 16.0 Å². The fourth-order valence-electron chi connectivity index (χ4n) is 11.1. The van der Waals surface area contributed by atoms with Gasteiger partial charge in [-0.25, -0.2) is 0 Å². The van der Waals surface area contributed by atoms with E-state index >= 15 is 14.4 Å². The quantitative estimate of drug-likeness (QED) is 0.0222. The lowest BCUT2D eigenvalue weighted by Crippen LogP contribution is -2.52. The molecule has 0 fully saturated rings. The van der Waals surface area contributed by atoms with Gasteiger partial charge in [0.1, 0.15) is 50.4 Å². The minimum absolute atomic E-state index is 0.213. The molecule has 27 heteroatoms. The van der Waals surface area contributed by atoms with Gasteiger partial charge in [0.25, 0.3) is 0 Å². The molecule has 3 N–H and O–H groups in total. The summed E-state index contributed by atoms with van der Waals surface area (Å²) >= 11 is 0. The van der Waals surface area contributed by atoms with Crippen LogP contribution in [0, 0.1) is 10.1 Å². The number of esters is 9. The number of nitrogens with one attached hydrogen (secondary N) is 3. The molecule has 0 aliphatic carbocycles. The Bertz CT molecular complexity index is 2340. The van der Waals surface area contributed by atoms with Gasteiger partial charge in [-0.1, -0.05) is 0 Å². The molecule has 594 valence electrons. The third-order valence-corrected chi connectivity index (χ3v) is 15.1. The SMILES string of the molecule is CC(C)(C)OC(=O)CCC(CCC(=O)OC(C)(C)C)(CCC(=O)OC(C)(C)C)NC(=O)CCC(CCC(=O)NC(CCC(=O)OC(C)(C)C)(CCC(=O)OC(C)(C)C)CCC(=O)OC(C)(C)C)(CCC(=O)NC(CCC(=O)OC(C)(C)C)(CCC(=O)OC(C)(C)C)CCC(=O)OC(C)(C)C)[N+](=O)[O-]. The first kappa shape index (κ1) is 96.0.